The van der Waals surface area contributed by atoms with Gasteiger partial charge in [0.05, 0.1) is 11.4 Å². The van der Waals surface area contributed by atoms with Crippen molar-refractivity contribution in [3.8, 4) is 0 Å². The van der Waals surface area contributed by atoms with E-state index in [1.807, 2.05) is 13.8 Å². The normalized spacial score (nSPS) is 21.4. The summed E-state index contributed by atoms with van der Waals surface area (Å²) in [6, 6.07) is 5.08. The highest BCUT2D eigenvalue weighted by Gasteiger charge is 2.25. The fourth-order valence-electron chi connectivity index (χ4n) is 3.98. The van der Waals surface area contributed by atoms with Crippen molar-refractivity contribution in [1.82, 2.24) is 9.21 Å². The lowest BCUT2D eigenvalue weighted by molar-refractivity contribution is -0.117. The molecule has 1 aliphatic heterocycles. The molecule has 1 aromatic carbocycles. The molecule has 152 valence electrons. The van der Waals surface area contributed by atoms with Gasteiger partial charge in [-0.2, -0.15) is 4.31 Å². The number of likely N-dealkylation sites (tertiary alicyclic amines) is 1. The number of amides is 1. The lowest BCUT2D eigenvalue weighted by Crippen LogP contribution is -2.42. The summed E-state index contributed by atoms with van der Waals surface area (Å²) in [5, 5.41) is 2.87. The van der Waals surface area contributed by atoms with E-state index in [4.69, 9.17) is 0 Å². The highest BCUT2D eigenvalue weighted by Crippen LogP contribution is 2.24. The minimum Gasteiger partial charge on any atom is -0.325 e. The molecule has 0 unspecified atom stereocenters. The molecule has 1 aromatic rings. The van der Waals surface area contributed by atoms with Crippen molar-refractivity contribution in [2.75, 3.05) is 38.0 Å². The van der Waals surface area contributed by atoms with Gasteiger partial charge in [0.2, 0.25) is 15.9 Å². The first-order valence-corrected chi connectivity index (χ1v) is 11.2. The van der Waals surface area contributed by atoms with E-state index in [1.165, 1.54) is 10.7 Å². The highest BCUT2D eigenvalue weighted by atomic mass is 32.2. The summed E-state index contributed by atoms with van der Waals surface area (Å²) in [7, 11) is -3.56. The van der Waals surface area contributed by atoms with Crippen LogP contribution in [0.1, 0.15) is 39.7 Å². The van der Waals surface area contributed by atoms with Crippen LogP contribution in [0.3, 0.4) is 0 Å². The van der Waals surface area contributed by atoms with Crippen LogP contribution in [0.15, 0.2) is 23.1 Å². The van der Waals surface area contributed by atoms with E-state index in [0.717, 1.165) is 13.1 Å². The molecule has 1 N–H and O–H groups in total. The maximum atomic E-state index is 12.8. The monoisotopic (exact) mass is 395 g/mol. The second-order valence-corrected chi connectivity index (χ2v) is 9.66. The molecule has 0 saturated carbocycles. The summed E-state index contributed by atoms with van der Waals surface area (Å²) in [4.78, 5) is 14.9. The number of aryl methyl sites for hydroxylation is 1. The molecule has 2 atom stereocenters. The molecule has 0 aromatic heterocycles. The first-order chi connectivity index (χ1) is 12.7. The number of benzene rings is 1. The summed E-state index contributed by atoms with van der Waals surface area (Å²) in [5.74, 6) is 1.07. The average molecular weight is 396 g/mol. The third-order valence-electron chi connectivity index (χ3n) is 5.11. The van der Waals surface area contributed by atoms with Crippen molar-refractivity contribution in [3.05, 3.63) is 23.8 Å². The zero-order chi connectivity index (χ0) is 20.2. The van der Waals surface area contributed by atoms with Gasteiger partial charge in [-0.25, -0.2) is 8.42 Å². The van der Waals surface area contributed by atoms with E-state index in [0.29, 0.717) is 42.7 Å². The number of carbonyl (C=O) groups excluding carboxylic acids is 1. The van der Waals surface area contributed by atoms with E-state index in [2.05, 4.69) is 24.1 Å². The predicted octanol–water partition coefficient (Wildman–Crippen LogP) is 2.94. The van der Waals surface area contributed by atoms with Crippen LogP contribution in [0, 0.1) is 18.8 Å². The molecule has 27 heavy (non-hydrogen) atoms. The van der Waals surface area contributed by atoms with Crippen LogP contribution in [0.4, 0.5) is 5.69 Å². The quantitative estimate of drug-likeness (QED) is 0.771. The minimum absolute atomic E-state index is 0.105. The van der Waals surface area contributed by atoms with Gasteiger partial charge in [-0.1, -0.05) is 33.8 Å². The zero-order valence-electron chi connectivity index (χ0n) is 17.2. The fraction of sp³-hybridized carbons (Fsp3) is 0.650. The third-order valence-corrected chi connectivity index (χ3v) is 7.30. The number of anilines is 1. The summed E-state index contributed by atoms with van der Waals surface area (Å²) >= 11 is 0. The van der Waals surface area contributed by atoms with Gasteiger partial charge in [0.15, 0.2) is 0 Å². The second kappa shape index (κ2) is 9.17. The number of rotatable bonds is 7. The number of carbonyl (C=O) groups is 1. The molecular weight excluding hydrogens is 362 g/mol. The van der Waals surface area contributed by atoms with Crippen LogP contribution in [0.2, 0.25) is 0 Å². The van der Waals surface area contributed by atoms with E-state index >= 15 is 0 Å². The summed E-state index contributed by atoms with van der Waals surface area (Å²) in [6.45, 7) is 12.9. The molecule has 1 aliphatic rings. The summed E-state index contributed by atoms with van der Waals surface area (Å²) in [6.07, 6.45) is 1.20. The zero-order valence-corrected chi connectivity index (χ0v) is 18.0. The van der Waals surface area contributed by atoms with E-state index < -0.39 is 10.0 Å². The number of nitrogens with zero attached hydrogens (tertiary/aromatic N) is 2. The number of sulfonamides is 1. The van der Waals surface area contributed by atoms with Crippen molar-refractivity contribution < 1.29 is 13.2 Å². The number of nitrogens with one attached hydrogen (secondary N) is 1. The summed E-state index contributed by atoms with van der Waals surface area (Å²) < 4.78 is 27.1. The molecule has 0 radical (unpaired) electrons. The lowest BCUT2D eigenvalue weighted by Gasteiger charge is -2.34. The van der Waals surface area contributed by atoms with Crippen molar-refractivity contribution in [2.45, 2.75) is 45.9 Å². The average Bonchev–Trinajstić information content (AvgIpc) is 2.56. The number of hydrogen-bond acceptors (Lipinski definition) is 4. The Balaban J connectivity index is 2.12. The highest BCUT2D eigenvalue weighted by molar-refractivity contribution is 7.89. The first-order valence-electron chi connectivity index (χ1n) is 9.80. The van der Waals surface area contributed by atoms with Crippen LogP contribution in [-0.2, 0) is 14.8 Å². The van der Waals surface area contributed by atoms with Gasteiger partial charge in [-0.15, -0.1) is 0 Å². The Kier molecular flexibility index (Phi) is 7.42. The lowest BCUT2D eigenvalue weighted by atomic mass is 9.92. The molecule has 7 heteroatoms. The van der Waals surface area contributed by atoms with Gasteiger partial charge >= 0.3 is 0 Å². The molecule has 2 rings (SSSR count). The Morgan fingerprint density at radius 3 is 2.33 bits per heavy atom. The molecule has 1 saturated heterocycles. The maximum Gasteiger partial charge on any atom is 0.243 e. The van der Waals surface area contributed by atoms with Crippen LogP contribution in [-0.4, -0.2) is 56.3 Å². The Bertz CT molecular complexity index is 750. The van der Waals surface area contributed by atoms with Gasteiger partial charge in [0, 0.05) is 31.9 Å². The molecular formula is C20H33N3O3S. The smallest absolute Gasteiger partial charge is 0.243 e. The Labute approximate surface area is 164 Å². The van der Waals surface area contributed by atoms with Gasteiger partial charge in [0.25, 0.3) is 0 Å². The van der Waals surface area contributed by atoms with Crippen molar-refractivity contribution in [2.24, 2.45) is 11.8 Å². The van der Waals surface area contributed by atoms with E-state index in [-0.39, 0.29) is 10.8 Å². The standard InChI is InChI=1S/C20H33N3O3S/c1-6-23(7-2)27(25,26)19-11-18(9-8-17(19)5)21-20(24)14-22-12-15(3)10-16(4)13-22/h8-9,11,15-16H,6-7,10,12-14H2,1-5H3,(H,21,24)/t15-,16-/m0/s1. The fourth-order valence-corrected chi connectivity index (χ4v) is 5.69. The SMILES string of the molecule is CCN(CC)S(=O)(=O)c1cc(NC(=O)CN2C[C@@H](C)C[C@H](C)C2)ccc1C. The Morgan fingerprint density at radius 2 is 1.78 bits per heavy atom. The van der Waals surface area contributed by atoms with Gasteiger partial charge < -0.3 is 5.32 Å². The minimum atomic E-state index is -3.56. The van der Waals surface area contributed by atoms with Crippen LogP contribution in [0.25, 0.3) is 0 Å². The molecule has 0 bridgehead atoms. The second-order valence-electron chi connectivity index (χ2n) is 7.76. The number of piperidine rings is 1. The molecule has 0 aliphatic carbocycles. The van der Waals surface area contributed by atoms with Crippen LogP contribution < -0.4 is 5.32 Å². The van der Waals surface area contributed by atoms with Gasteiger partial charge in [-0.05, 0) is 42.9 Å². The topological polar surface area (TPSA) is 69.7 Å². The molecule has 1 heterocycles. The summed E-state index contributed by atoms with van der Waals surface area (Å²) in [5.41, 5.74) is 1.20. The first kappa shape index (κ1) is 21.9. The largest absolute Gasteiger partial charge is 0.325 e. The van der Waals surface area contributed by atoms with Crippen molar-refractivity contribution in [1.29, 1.82) is 0 Å². The third kappa shape index (κ3) is 5.53. The molecule has 6 nitrogen and oxygen atoms in total. The maximum absolute atomic E-state index is 12.8. The van der Waals surface area contributed by atoms with E-state index in [1.54, 1.807) is 25.1 Å². The van der Waals surface area contributed by atoms with E-state index in [9.17, 15) is 13.2 Å². The van der Waals surface area contributed by atoms with Crippen LogP contribution in [0.5, 0.6) is 0 Å². The van der Waals surface area contributed by atoms with Crippen LogP contribution >= 0.6 is 0 Å². The molecule has 1 amide bonds. The van der Waals surface area contributed by atoms with Crippen molar-refractivity contribution >= 4 is 21.6 Å². The Hall–Kier alpha value is -1.44. The molecule has 1 fully saturated rings. The molecule has 0 spiro atoms. The van der Waals surface area contributed by atoms with Gasteiger partial charge in [0.1, 0.15) is 0 Å². The number of hydrogen-bond donors (Lipinski definition) is 1. The Morgan fingerprint density at radius 1 is 1.19 bits per heavy atom. The van der Waals surface area contributed by atoms with Crippen molar-refractivity contribution in [3.63, 3.8) is 0 Å². The predicted molar refractivity (Wildman–Crippen MR) is 109 cm³/mol. The van der Waals surface area contributed by atoms with Gasteiger partial charge in [-0.3, -0.25) is 9.69 Å².